The second kappa shape index (κ2) is 13.4. The summed E-state index contributed by atoms with van der Waals surface area (Å²) in [7, 11) is 1.53. The predicted octanol–water partition coefficient (Wildman–Crippen LogP) is 5.92. The predicted molar refractivity (Wildman–Crippen MR) is 167 cm³/mol. The van der Waals surface area contributed by atoms with Crippen LogP contribution in [-0.4, -0.2) is 68.4 Å². The number of likely N-dealkylation sites (tertiary alicyclic amines) is 1. The number of fused-ring (bicyclic) bond motifs is 3. The van der Waals surface area contributed by atoms with Crippen LogP contribution in [0, 0.1) is 11.8 Å². The second-order valence-electron chi connectivity index (χ2n) is 12.4. The van der Waals surface area contributed by atoms with E-state index in [0.717, 1.165) is 49.8 Å². The Morgan fingerprint density at radius 1 is 1.24 bits per heavy atom. The number of piperidine rings is 1. The number of hydrogen-bond donors (Lipinski definition) is 2. The van der Waals surface area contributed by atoms with Crippen molar-refractivity contribution in [3.05, 3.63) is 52.3 Å². The highest BCUT2D eigenvalue weighted by Crippen LogP contribution is 2.46. The van der Waals surface area contributed by atoms with Crippen LogP contribution in [0.25, 0.3) is 0 Å². The van der Waals surface area contributed by atoms with E-state index in [1.54, 1.807) is 26.0 Å². The van der Waals surface area contributed by atoms with Crippen LogP contribution < -0.4 is 24.8 Å². The van der Waals surface area contributed by atoms with Crippen LogP contribution in [0.1, 0.15) is 69.7 Å². The molecule has 5 heterocycles. The molecule has 0 aromatic heterocycles. The minimum atomic E-state index is -0.711. The Balaban J connectivity index is 0.000000191. The number of thioether (sulfide) groups is 1. The van der Waals surface area contributed by atoms with Gasteiger partial charge in [-0.1, -0.05) is 36.6 Å². The molecule has 4 fully saturated rings. The van der Waals surface area contributed by atoms with Crippen molar-refractivity contribution in [3.8, 4) is 17.2 Å². The fourth-order valence-electron chi connectivity index (χ4n) is 6.79. The quantitative estimate of drug-likeness (QED) is 0.261. The third-order valence-electron chi connectivity index (χ3n) is 8.74. The summed E-state index contributed by atoms with van der Waals surface area (Å²) in [5.74, 6) is 2.36. The molecule has 41 heavy (non-hydrogen) atoms. The van der Waals surface area contributed by atoms with Gasteiger partial charge in [0, 0.05) is 63.1 Å². The van der Waals surface area contributed by atoms with Gasteiger partial charge in [0.2, 0.25) is 11.5 Å². The molecule has 1 saturated carbocycles. The number of methoxy groups -OCH3 is 1. The molecule has 1 aromatic rings. The van der Waals surface area contributed by atoms with E-state index in [1.165, 1.54) is 62.1 Å². The Morgan fingerprint density at radius 3 is 2.73 bits per heavy atom. The van der Waals surface area contributed by atoms with Crippen LogP contribution in [-0.2, 0) is 0 Å². The highest BCUT2D eigenvalue weighted by atomic mass is 32.2. The Hall–Kier alpha value is -2.26. The zero-order valence-electron chi connectivity index (χ0n) is 25.1. The summed E-state index contributed by atoms with van der Waals surface area (Å²) in [6.07, 6.45) is 15.7. The molecular formula is C33H47N3O4S. The lowest BCUT2D eigenvalue weighted by Gasteiger charge is -2.47. The second-order valence-corrected chi connectivity index (χ2v) is 13.7. The number of aldehydes is 1. The van der Waals surface area contributed by atoms with Crippen LogP contribution in [0.15, 0.2) is 46.8 Å². The number of hydrogen-bond acceptors (Lipinski definition) is 8. The largest absolute Gasteiger partial charge is 0.493 e. The molecule has 1 aliphatic carbocycles. The van der Waals surface area contributed by atoms with Gasteiger partial charge in [-0.15, -0.1) is 0 Å². The van der Waals surface area contributed by atoms with Gasteiger partial charge in [0.05, 0.1) is 7.11 Å². The van der Waals surface area contributed by atoms with E-state index in [9.17, 15) is 4.79 Å². The van der Waals surface area contributed by atoms with E-state index >= 15 is 0 Å². The Kier molecular flexibility index (Phi) is 9.85. The summed E-state index contributed by atoms with van der Waals surface area (Å²) in [5, 5.41) is 7.43. The van der Waals surface area contributed by atoms with Gasteiger partial charge in [0.25, 0.3) is 0 Å². The SMILES string of the molecule is C=C1SC(CNC[C@@H]2CCCN2CC2CC3CC(C2)N3)=CC1C/C=C\C.COc1cc(C=O)cc2c1OC(C)(C)O2. The molecule has 8 heteroatoms. The van der Waals surface area contributed by atoms with Crippen molar-refractivity contribution in [3.63, 3.8) is 0 Å². The van der Waals surface area contributed by atoms with E-state index in [1.807, 2.05) is 11.8 Å². The Morgan fingerprint density at radius 2 is 2.02 bits per heavy atom. The molecule has 224 valence electrons. The highest BCUT2D eigenvalue weighted by molar-refractivity contribution is 8.07. The number of carbonyl (C=O) groups is 1. The maximum Gasteiger partial charge on any atom is 0.246 e. The average Bonchev–Trinajstić information content (AvgIpc) is 3.62. The van der Waals surface area contributed by atoms with Crippen LogP contribution in [0.4, 0.5) is 0 Å². The lowest BCUT2D eigenvalue weighted by atomic mass is 9.75. The monoisotopic (exact) mass is 581 g/mol. The van der Waals surface area contributed by atoms with Crippen molar-refractivity contribution >= 4 is 18.0 Å². The summed E-state index contributed by atoms with van der Waals surface area (Å²) in [6, 6.07) is 5.69. The normalized spacial score (nSPS) is 29.6. The number of benzene rings is 1. The Labute approximate surface area is 250 Å². The zero-order valence-corrected chi connectivity index (χ0v) is 25.9. The average molecular weight is 582 g/mol. The minimum absolute atomic E-state index is 0.506. The summed E-state index contributed by atoms with van der Waals surface area (Å²) in [6.45, 7) is 14.7. The van der Waals surface area contributed by atoms with E-state index in [-0.39, 0.29) is 0 Å². The molecule has 6 aliphatic rings. The first-order chi connectivity index (χ1) is 19.8. The molecular weight excluding hydrogens is 534 g/mol. The van der Waals surface area contributed by atoms with Crippen LogP contribution in [0.2, 0.25) is 0 Å². The van der Waals surface area contributed by atoms with Crippen molar-refractivity contribution in [1.82, 2.24) is 15.5 Å². The molecule has 0 amide bonds. The topological polar surface area (TPSA) is 72.1 Å². The summed E-state index contributed by atoms with van der Waals surface area (Å²) >= 11 is 1.89. The van der Waals surface area contributed by atoms with Crippen molar-refractivity contribution < 1.29 is 19.0 Å². The van der Waals surface area contributed by atoms with Crippen LogP contribution in [0.3, 0.4) is 0 Å². The van der Waals surface area contributed by atoms with Crippen LogP contribution >= 0.6 is 11.8 Å². The first-order valence-electron chi connectivity index (χ1n) is 15.2. The molecule has 4 atom stereocenters. The minimum Gasteiger partial charge on any atom is -0.493 e. The number of nitrogens with one attached hydrogen (secondary N) is 2. The third kappa shape index (κ3) is 7.58. The maximum atomic E-state index is 10.7. The number of ether oxygens (including phenoxy) is 3. The molecule has 5 aliphatic heterocycles. The van der Waals surface area contributed by atoms with Gasteiger partial charge in [0.1, 0.15) is 6.29 Å². The fourth-order valence-corrected chi connectivity index (χ4v) is 7.85. The van der Waals surface area contributed by atoms with E-state index in [0.29, 0.717) is 28.7 Å². The molecule has 0 spiro atoms. The summed E-state index contributed by atoms with van der Waals surface area (Å²) < 4.78 is 16.2. The first-order valence-corrected chi connectivity index (χ1v) is 16.0. The van der Waals surface area contributed by atoms with Crippen LogP contribution in [0.5, 0.6) is 17.2 Å². The van der Waals surface area contributed by atoms with Gasteiger partial charge in [-0.05, 0) is 79.9 Å². The number of nitrogens with zero attached hydrogens (tertiary/aromatic N) is 1. The zero-order chi connectivity index (χ0) is 29.0. The van der Waals surface area contributed by atoms with Gasteiger partial charge in [-0.25, -0.2) is 0 Å². The smallest absolute Gasteiger partial charge is 0.246 e. The van der Waals surface area contributed by atoms with Gasteiger partial charge >= 0.3 is 0 Å². The highest BCUT2D eigenvalue weighted by Gasteiger charge is 2.39. The van der Waals surface area contributed by atoms with Crippen molar-refractivity contribution in [2.75, 3.05) is 33.3 Å². The number of carbonyl (C=O) groups excluding carboxylic acids is 1. The molecule has 2 bridgehead atoms. The standard InChI is InChI=1S/C22H35N3S.C11H12O4/c1-3-4-6-18-11-22(26-16(18)2)14-23-13-21-7-5-8-25(21)15-17-9-19-12-20(10-17)24-19;1-11(2)14-9-5-7(6-12)4-8(13-3)10(9)15-11/h3-4,11,17-21,23-24H,2,5-10,12-15H2,1H3;4-6H,1-3H3/b4-3-;/t17?,18?,19?,20?,21-;/m0./s1. The maximum absolute atomic E-state index is 10.7. The molecule has 1 aromatic carbocycles. The number of allylic oxidation sites excluding steroid dienone is 4. The van der Waals surface area contributed by atoms with E-state index in [4.69, 9.17) is 14.2 Å². The number of rotatable bonds is 10. The van der Waals surface area contributed by atoms with Crippen molar-refractivity contribution in [2.45, 2.75) is 83.2 Å². The molecule has 2 N–H and O–H groups in total. The molecule has 7 rings (SSSR count). The van der Waals surface area contributed by atoms with Gasteiger partial charge < -0.3 is 24.8 Å². The van der Waals surface area contributed by atoms with Gasteiger partial charge in [-0.2, -0.15) is 0 Å². The molecule has 3 unspecified atom stereocenters. The van der Waals surface area contributed by atoms with Crippen molar-refractivity contribution in [1.29, 1.82) is 0 Å². The summed E-state index contributed by atoms with van der Waals surface area (Å²) in [4.78, 5) is 16.2. The van der Waals surface area contributed by atoms with Gasteiger partial charge in [0.15, 0.2) is 11.5 Å². The molecule has 0 radical (unpaired) electrons. The third-order valence-corrected chi connectivity index (χ3v) is 9.85. The van der Waals surface area contributed by atoms with Gasteiger partial charge in [-0.3, -0.25) is 9.69 Å². The lowest BCUT2D eigenvalue weighted by molar-refractivity contribution is -0.0439. The van der Waals surface area contributed by atoms with Crippen molar-refractivity contribution in [2.24, 2.45) is 11.8 Å². The van der Waals surface area contributed by atoms with E-state index in [2.05, 4.69) is 47.3 Å². The summed E-state index contributed by atoms with van der Waals surface area (Å²) in [5.41, 5.74) is 0.506. The molecule has 7 nitrogen and oxygen atoms in total. The Bertz CT molecular complexity index is 1150. The fraction of sp³-hybridized carbons (Fsp3) is 0.606. The van der Waals surface area contributed by atoms with E-state index < -0.39 is 5.79 Å². The first kappa shape index (κ1) is 30.2. The molecule has 3 saturated heterocycles. The lowest BCUT2D eigenvalue weighted by Crippen LogP contribution is -2.59.